The molecule has 2 aliphatic rings. The third kappa shape index (κ3) is 9.24. The normalized spacial score (nSPS) is 20.3. The zero-order valence-corrected chi connectivity index (χ0v) is 27.0. The molecule has 0 unspecified atom stereocenters. The molecule has 8 nitrogen and oxygen atoms in total. The van der Waals surface area contributed by atoms with Crippen molar-refractivity contribution in [2.75, 3.05) is 34.0 Å². The molecule has 1 heterocycles. The molecule has 0 radical (unpaired) electrons. The number of hydrogen-bond donors (Lipinski definition) is 0. The van der Waals surface area contributed by atoms with E-state index in [1.54, 1.807) is 31.3 Å². The van der Waals surface area contributed by atoms with Gasteiger partial charge in [-0.25, -0.2) is 4.79 Å². The molecule has 0 bridgehead atoms. The van der Waals surface area contributed by atoms with E-state index in [-0.39, 0.29) is 35.9 Å². The van der Waals surface area contributed by atoms with Gasteiger partial charge in [-0.2, -0.15) is 0 Å². The summed E-state index contributed by atoms with van der Waals surface area (Å²) in [6, 6.07) is 3.24. The van der Waals surface area contributed by atoms with Crippen LogP contribution in [0.25, 0.3) is 0 Å². The lowest BCUT2D eigenvalue weighted by atomic mass is 9.75. The first-order valence-corrected chi connectivity index (χ1v) is 16.0. The zero-order valence-electron chi connectivity index (χ0n) is 27.0. The first-order valence-electron chi connectivity index (χ1n) is 16.0. The maximum absolute atomic E-state index is 14.6. The Hall–Kier alpha value is -3.00. The number of ether oxygens (including phenoxy) is 5. The molecule has 1 saturated heterocycles. The molecule has 3 rings (SSSR count). The highest BCUT2D eigenvalue weighted by molar-refractivity contribution is 5.89. The molecule has 1 aromatic rings. The van der Waals surface area contributed by atoms with Gasteiger partial charge in [-0.05, 0) is 69.6 Å². The van der Waals surface area contributed by atoms with Crippen LogP contribution in [0.1, 0.15) is 90.0 Å². The van der Waals surface area contributed by atoms with Crippen LogP contribution in [0.3, 0.4) is 0 Å². The first-order chi connectivity index (χ1) is 20.7. The molecule has 1 aliphatic carbocycles. The van der Waals surface area contributed by atoms with Crippen molar-refractivity contribution in [3.8, 4) is 17.2 Å². The average molecular weight is 600 g/mol. The fraction of sp³-hybridized carbons (Fsp3) is 0.657. The van der Waals surface area contributed by atoms with E-state index in [0.717, 1.165) is 44.1 Å². The van der Waals surface area contributed by atoms with Crippen LogP contribution in [0.4, 0.5) is 0 Å². The highest BCUT2D eigenvalue weighted by atomic mass is 16.5. The lowest BCUT2D eigenvalue weighted by Crippen LogP contribution is -2.51. The Morgan fingerprint density at radius 1 is 0.977 bits per heavy atom. The Morgan fingerprint density at radius 3 is 2.33 bits per heavy atom. The maximum atomic E-state index is 14.6. The maximum Gasteiger partial charge on any atom is 0.329 e. The summed E-state index contributed by atoms with van der Waals surface area (Å²) < 4.78 is 29.2. The minimum absolute atomic E-state index is 0.00128. The Morgan fingerprint density at radius 2 is 1.67 bits per heavy atom. The summed E-state index contributed by atoms with van der Waals surface area (Å²) in [5.74, 6) is 0.917. The number of benzene rings is 1. The molecule has 1 amide bonds. The van der Waals surface area contributed by atoms with Crippen molar-refractivity contribution in [2.24, 2.45) is 11.8 Å². The second-order valence-corrected chi connectivity index (χ2v) is 12.0. The van der Waals surface area contributed by atoms with Crippen molar-refractivity contribution < 1.29 is 33.3 Å². The molecule has 0 aromatic heterocycles. The van der Waals surface area contributed by atoms with E-state index in [9.17, 15) is 9.59 Å². The van der Waals surface area contributed by atoms with Gasteiger partial charge in [-0.3, -0.25) is 4.79 Å². The van der Waals surface area contributed by atoms with Crippen LogP contribution in [0, 0.1) is 11.8 Å². The summed E-state index contributed by atoms with van der Waals surface area (Å²) in [6.45, 7) is 14.8. The number of nitrogens with zero attached hydrogens (tertiary/aromatic N) is 1. The number of methoxy groups -OCH3 is 2. The Bertz CT molecular complexity index is 1070. The van der Waals surface area contributed by atoms with Crippen LogP contribution < -0.4 is 14.2 Å². The van der Waals surface area contributed by atoms with Gasteiger partial charge in [0.1, 0.15) is 12.1 Å². The molecule has 0 N–H and O–H groups in total. The van der Waals surface area contributed by atoms with Crippen molar-refractivity contribution in [1.29, 1.82) is 0 Å². The minimum atomic E-state index is -0.597. The fourth-order valence-corrected chi connectivity index (χ4v) is 6.15. The van der Waals surface area contributed by atoms with Gasteiger partial charge in [0.05, 0.1) is 39.5 Å². The number of amides is 1. The average Bonchev–Trinajstić information content (AvgIpc) is 3.03. The summed E-state index contributed by atoms with van der Waals surface area (Å²) in [4.78, 5) is 29.8. The molecule has 5 atom stereocenters. The van der Waals surface area contributed by atoms with Crippen LogP contribution in [0.2, 0.25) is 0 Å². The highest BCUT2D eigenvalue weighted by Crippen LogP contribution is 2.45. The topological polar surface area (TPSA) is 83.5 Å². The predicted molar refractivity (Wildman–Crippen MR) is 169 cm³/mol. The third-order valence-electron chi connectivity index (χ3n) is 8.97. The molecule has 8 heteroatoms. The van der Waals surface area contributed by atoms with E-state index in [4.69, 9.17) is 23.7 Å². The summed E-state index contributed by atoms with van der Waals surface area (Å²) >= 11 is 0. The fourth-order valence-electron chi connectivity index (χ4n) is 6.15. The van der Waals surface area contributed by atoms with Crippen molar-refractivity contribution >= 4 is 11.9 Å². The Labute approximate surface area is 258 Å². The second kappa shape index (κ2) is 17.3. The van der Waals surface area contributed by atoms with Gasteiger partial charge in [-0.1, -0.05) is 38.3 Å². The minimum Gasteiger partial charge on any atom is -0.493 e. The van der Waals surface area contributed by atoms with Crippen molar-refractivity contribution in [3.63, 3.8) is 0 Å². The van der Waals surface area contributed by atoms with Crippen LogP contribution in [-0.2, 0) is 19.1 Å². The first kappa shape index (κ1) is 34.5. The van der Waals surface area contributed by atoms with Crippen molar-refractivity contribution in [2.45, 2.75) is 103 Å². The number of likely N-dealkylation sites (tertiary alicyclic amines) is 1. The molecule has 0 spiro atoms. The van der Waals surface area contributed by atoms with Crippen molar-refractivity contribution in [1.82, 2.24) is 4.90 Å². The number of rotatable bonds is 16. The predicted octanol–water partition coefficient (Wildman–Crippen LogP) is 6.86. The van der Waals surface area contributed by atoms with Gasteiger partial charge in [0.25, 0.3) is 0 Å². The zero-order chi connectivity index (χ0) is 31.4. The van der Waals surface area contributed by atoms with E-state index in [1.807, 2.05) is 32.9 Å². The van der Waals surface area contributed by atoms with Crippen LogP contribution in [0.5, 0.6) is 17.2 Å². The Balaban J connectivity index is 1.95. The highest BCUT2D eigenvalue weighted by Gasteiger charge is 2.41. The van der Waals surface area contributed by atoms with E-state index >= 15 is 0 Å². The molecule has 240 valence electrons. The van der Waals surface area contributed by atoms with E-state index in [2.05, 4.69) is 13.2 Å². The van der Waals surface area contributed by atoms with Gasteiger partial charge in [0.15, 0.2) is 11.5 Å². The van der Waals surface area contributed by atoms with Crippen molar-refractivity contribution in [3.05, 3.63) is 43.0 Å². The largest absolute Gasteiger partial charge is 0.493 e. The molecule has 1 aliphatic heterocycles. The molecular weight excluding hydrogens is 546 g/mol. The van der Waals surface area contributed by atoms with Crippen LogP contribution in [0.15, 0.2) is 37.4 Å². The summed E-state index contributed by atoms with van der Waals surface area (Å²) in [5.41, 5.74) is 0.826. The molecule has 43 heavy (non-hydrogen) atoms. The van der Waals surface area contributed by atoms with Crippen LogP contribution in [-0.4, -0.2) is 69.0 Å². The number of carbonyl (C=O) groups excluding carboxylic acids is 2. The number of hydrogen-bond acceptors (Lipinski definition) is 7. The monoisotopic (exact) mass is 599 g/mol. The summed E-state index contributed by atoms with van der Waals surface area (Å²) in [6.07, 6.45) is 11.5. The quantitative estimate of drug-likeness (QED) is 0.152. The summed E-state index contributed by atoms with van der Waals surface area (Å²) in [5, 5.41) is 0. The van der Waals surface area contributed by atoms with Gasteiger partial charge < -0.3 is 28.6 Å². The van der Waals surface area contributed by atoms with Gasteiger partial charge in [0.2, 0.25) is 11.7 Å². The lowest BCUT2D eigenvalue weighted by Gasteiger charge is -2.40. The number of carbonyl (C=O) groups is 2. The lowest BCUT2D eigenvalue weighted by molar-refractivity contribution is -0.163. The number of esters is 1. The standard InChI is InChI=1S/C35H53NO7/c1-8-20-41-25(4)18-21-42-31-23-28(22-30(39-6)33(31)40-7)32(27-15-11-10-12-16-27)34(37)36-19-14-13-17-29(36)35(38)43-26(5)24(3)9-2/h8-9,22-27,29,32H,1-2,10-21H2,3-7H3/t24-,25-,26+,29-,32-/m0/s1. The van der Waals surface area contributed by atoms with Gasteiger partial charge >= 0.3 is 5.97 Å². The smallest absolute Gasteiger partial charge is 0.329 e. The molecular formula is C35H53NO7. The molecule has 1 aromatic carbocycles. The second-order valence-electron chi connectivity index (χ2n) is 12.0. The van der Waals surface area contributed by atoms with Gasteiger partial charge in [0, 0.05) is 18.9 Å². The summed E-state index contributed by atoms with van der Waals surface area (Å²) in [7, 11) is 3.18. The van der Waals surface area contributed by atoms with E-state index in [0.29, 0.717) is 49.8 Å². The Kier molecular flexibility index (Phi) is 13.9. The van der Waals surface area contributed by atoms with E-state index in [1.165, 1.54) is 6.42 Å². The third-order valence-corrected chi connectivity index (χ3v) is 8.97. The van der Waals surface area contributed by atoms with E-state index < -0.39 is 12.0 Å². The molecule has 1 saturated carbocycles. The van der Waals surface area contributed by atoms with Crippen LogP contribution >= 0.6 is 0 Å². The molecule has 2 fully saturated rings. The number of piperidine rings is 1. The SMILES string of the molecule is C=CCO[C@@H](C)CCOc1cc([C@@H](C(=O)N2CCCC[C@H]2C(=O)O[C@H](C)[C@@H](C)C=C)C2CCCCC2)cc(OC)c1OC. The van der Waals surface area contributed by atoms with Gasteiger partial charge in [-0.15, -0.1) is 13.2 Å².